The number of aryl methyl sites for hydroxylation is 1. The van der Waals surface area contributed by atoms with Crippen LogP contribution in [0.1, 0.15) is 21.6 Å². The first kappa shape index (κ1) is 10.4. The van der Waals surface area contributed by atoms with E-state index in [1.54, 1.807) is 13.0 Å². The van der Waals surface area contributed by atoms with E-state index in [-0.39, 0.29) is 10.3 Å². The number of nitrogens with one attached hydrogen (secondary N) is 1. The number of H-pyrrole nitrogens is 1. The summed E-state index contributed by atoms with van der Waals surface area (Å²) in [6.07, 6.45) is 0. The molecule has 1 rings (SSSR count). The molecule has 1 aromatic heterocycles. The molecular weight excluding hydrogens is 200 g/mol. The summed E-state index contributed by atoms with van der Waals surface area (Å²) in [6, 6.07) is 3.50. The topological polar surface area (TPSA) is 65.9 Å². The van der Waals surface area contributed by atoms with Crippen molar-refractivity contribution in [2.45, 2.75) is 6.92 Å². The minimum atomic E-state index is -0.497. The van der Waals surface area contributed by atoms with Gasteiger partial charge in [-0.05, 0) is 18.6 Å². The average molecular weight is 208 g/mol. The number of ether oxygens (including phenoxy) is 1. The molecule has 1 aromatic rings. The zero-order valence-corrected chi connectivity index (χ0v) is 8.57. The van der Waals surface area contributed by atoms with E-state index < -0.39 is 5.97 Å². The number of esters is 1. The number of methoxy groups -OCH3 is 1. The molecule has 0 bridgehead atoms. The number of hydrogen-bond acceptors (Lipinski definition) is 4. The van der Waals surface area contributed by atoms with Crippen molar-refractivity contribution in [3.8, 4) is 6.07 Å². The molecule has 4 nitrogen and oxygen atoms in total. The standard InChI is InChI=1S/C9H8N2O2S/c1-5-3-7(9(12)13-2)11-8(14)6(5)4-10/h3H,1-2H3,(H,11,14). The average Bonchev–Trinajstić information content (AvgIpc) is 2.16. The van der Waals surface area contributed by atoms with Crippen LogP contribution in [0.2, 0.25) is 0 Å². The molecule has 0 fully saturated rings. The Morgan fingerprint density at radius 2 is 2.36 bits per heavy atom. The van der Waals surface area contributed by atoms with Gasteiger partial charge in [-0.2, -0.15) is 5.26 Å². The highest BCUT2D eigenvalue weighted by Crippen LogP contribution is 2.09. The Kier molecular flexibility index (Phi) is 2.99. The molecule has 0 spiro atoms. The first-order chi connectivity index (χ1) is 6.60. The van der Waals surface area contributed by atoms with Crippen LogP contribution in [-0.2, 0) is 4.74 Å². The van der Waals surface area contributed by atoms with Gasteiger partial charge in [0.05, 0.1) is 12.7 Å². The van der Waals surface area contributed by atoms with Crippen LogP contribution in [0.5, 0.6) is 0 Å². The number of aromatic nitrogens is 1. The number of rotatable bonds is 1. The number of carbonyl (C=O) groups is 1. The molecule has 0 saturated carbocycles. The summed E-state index contributed by atoms with van der Waals surface area (Å²) in [7, 11) is 1.28. The van der Waals surface area contributed by atoms with Crippen LogP contribution in [0.3, 0.4) is 0 Å². The second-order valence-corrected chi connectivity index (χ2v) is 3.08. The Morgan fingerprint density at radius 1 is 1.71 bits per heavy atom. The van der Waals surface area contributed by atoms with Crippen LogP contribution >= 0.6 is 12.2 Å². The van der Waals surface area contributed by atoms with Gasteiger partial charge < -0.3 is 9.72 Å². The fraction of sp³-hybridized carbons (Fsp3) is 0.222. The van der Waals surface area contributed by atoms with Gasteiger partial charge >= 0.3 is 5.97 Å². The number of pyridine rings is 1. The molecule has 0 aromatic carbocycles. The van der Waals surface area contributed by atoms with Gasteiger partial charge in [0.1, 0.15) is 16.4 Å². The quantitative estimate of drug-likeness (QED) is 0.563. The predicted octanol–water partition coefficient (Wildman–Crippen LogP) is 1.71. The highest BCUT2D eigenvalue weighted by atomic mass is 32.1. The lowest BCUT2D eigenvalue weighted by Gasteiger charge is -2.02. The van der Waals surface area contributed by atoms with Crippen molar-refractivity contribution in [1.82, 2.24) is 4.98 Å². The van der Waals surface area contributed by atoms with Gasteiger partial charge in [-0.15, -0.1) is 0 Å². The molecule has 0 aliphatic carbocycles. The Bertz CT molecular complexity index is 471. The molecular formula is C9H8N2O2S. The molecule has 1 heterocycles. The molecule has 1 N–H and O–H groups in total. The minimum absolute atomic E-state index is 0.257. The number of aromatic amines is 1. The van der Waals surface area contributed by atoms with Gasteiger partial charge in [0.15, 0.2) is 0 Å². The van der Waals surface area contributed by atoms with E-state index >= 15 is 0 Å². The summed E-state index contributed by atoms with van der Waals surface area (Å²) in [6.45, 7) is 1.72. The van der Waals surface area contributed by atoms with E-state index in [0.29, 0.717) is 11.1 Å². The normalized spacial score (nSPS) is 9.21. The van der Waals surface area contributed by atoms with E-state index in [1.807, 2.05) is 6.07 Å². The number of hydrogen-bond donors (Lipinski definition) is 1. The monoisotopic (exact) mass is 208 g/mol. The summed E-state index contributed by atoms with van der Waals surface area (Å²) in [5.74, 6) is -0.497. The first-order valence-corrected chi connectivity index (χ1v) is 4.23. The van der Waals surface area contributed by atoms with E-state index in [4.69, 9.17) is 17.5 Å². The van der Waals surface area contributed by atoms with Crippen molar-refractivity contribution in [3.63, 3.8) is 0 Å². The molecule has 0 saturated heterocycles. The maximum atomic E-state index is 11.1. The van der Waals surface area contributed by atoms with Crippen LogP contribution < -0.4 is 0 Å². The van der Waals surface area contributed by atoms with Crippen LogP contribution in [0, 0.1) is 22.9 Å². The van der Waals surface area contributed by atoms with Gasteiger partial charge in [-0.25, -0.2) is 4.79 Å². The Morgan fingerprint density at radius 3 is 2.79 bits per heavy atom. The van der Waals surface area contributed by atoms with Crippen molar-refractivity contribution >= 4 is 18.2 Å². The Hall–Kier alpha value is -1.67. The SMILES string of the molecule is COC(=O)c1cc(C)c(C#N)c(=S)[nH]1. The highest BCUT2D eigenvalue weighted by molar-refractivity contribution is 7.71. The maximum Gasteiger partial charge on any atom is 0.354 e. The Labute approximate surface area is 86.1 Å². The van der Waals surface area contributed by atoms with E-state index in [1.165, 1.54) is 7.11 Å². The molecule has 14 heavy (non-hydrogen) atoms. The van der Waals surface area contributed by atoms with Gasteiger partial charge in [-0.3, -0.25) is 0 Å². The van der Waals surface area contributed by atoms with Crippen molar-refractivity contribution < 1.29 is 9.53 Å². The zero-order chi connectivity index (χ0) is 10.7. The molecule has 0 aliphatic heterocycles. The van der Waals surface area contributed by atoms with Crippen molar-refractivity contribution in [2.75, 3.05) is 7.11 Å². The number of nitriles is 1. The van der Waals surface area contributed by atoms with Crippen molar-refractivity contribution in [2.24, 2.45) is 0 Å². The molecule has 0 atom stereocenters. The first-order valence-electron chi connectivity index (χ1n) is 3.82. The third-order valence-corrected chi connectivity index (χ3v) is 2.05. The van der Waals surface area contributed by atoms with E-state index in [2.05, 4.69) is 9.72 Å². The molecule has 72 valence electrons. The molecule has 0 unspecified atom stereocenters. The molecule has 5 heteroatoms. The highest BCUT2D eigenvalue weighted by Gasteiger charge is 2.09. The summed E-state index contributed by atoms with van der Waals surface area (Å²) < 4.78 is 4.78. The minimum Gasteiger partial charge on any atom is -0.464 e. The van der Waals surface area contributed by atoms with Gasteiger partial charge in [0.25, 0.3) is 0 Å². The fourth-order valence-corrected chi connectivity index (χ4v) is 1.36. The van der Waals surface area contributed by atoms with Gasteiger partial charge in [0.2, 0.25) is 0 Å². The Balaban J connectivity index is 3.37. The fourth-order valence-electron chi connectivity index (χ4n) is 1.05. The van der Waals surface area contributed by atoms with Crippen molar-refractivity contribution in [1.29, 1.82) is 5.26 Å². The third kappa shape index (κ3) is 1.80. The van der Waals surface area contributed by atoms with Crippen LogP contribution in [0.25, 0.3) is 0 Å². The van der Waals surface area contributed by atoms with Crippen LogP contribution in [0.4, 0.5) is 0 Å². The number of nitrogens with zero attached hydrogens (tertiary/aromatic N) is 1. The van der Waals surface area contributed by atoms with Crippen molar-refractivity contribution in [3.05, 3.63) is 27.5 Å². The third-order valence-electron chi connectivity index (χ3n) is 1.75. The van der Waals surface area contributed by atoms with E-state index in [9.17, 15) is 4.79 Å². The summed E-state index contributed by atoms with van der Waals surface area (Å²) in [5.41, 5.74) is 1.30. The largest absolute Gasteiger partial charge is 0.464 e. The molecule has 0 aliphatic rings. The lowest BCUT2D eigenvalue weighted by atomic mass is 10.1. The second-order valence-electron chi connectivity index (χ2n) is 2.67. The van der Waals surface area contributed by atoms with Crippen LogP contribution in [0.15, 0.2) is 6.07 Å². The lowest BCUT2D eigenvalue weighted by Crippen LogP contribution is -2.05. The van der Waals surface area contributed by atoms with Gasteiger partial charge in [-0.1, -0.05) is 12.2 Å². The molecule has 0 amide bonds. The summed E-state index contributed by atoms with van der Waals surface area (Å²) >= 11 is 4.91. The lowest BCUT2D eigenvalue weighted by molar-refractivity contribution is 0.0594. The second kappa shape index (κ2) is 4.03. The summed E-state index contributed by atoms with van der Waals surface area (Å²) in [4.78, 5) is 13.8. The zero-order valence-electron chi connectivity index (χ0n) is 7.75. The smallest absolute Gasteiger partial charge is 0.354 e. The predicted molar refractivity (Wildman–Crippen MR) is 52.4 cm³/mol. The van der Waals surface area contributed by atoms with Crippen LogP contribution in [-0.4, -0.2) is 18.1 Å². The summed E-state index contributed by atoms with van der Waals surface area (Å²) in [5, 5.41) is 8.73. The van der Waals surface area contributed by atoms with Gasteiger partial charge in [0, 0.05) is 0 Å². The van der Waals surface area contributed by atoms with E-state index in [0.717, 1.165) is 0 Å². The molecule has 0 radical (unpaired) electrons. The number of carbonyl (C=O) groups excluding carboxylic acids is 1. The maximum absolute atomic E-state index is 11.1.